The molecule has 0 bridgehead atoms. The number of nitrogens with zero attached hydrogens (tertiary/aromatic N) is 1. The van der Waals surface area contributed by atoms with Gasteiger partial charge in [-0.15, -0.1) is 0 Å². The second-order valence-corrected chi connectivity index (χ2v) is 5.72. The fraction of sp³-hybridized carbons (Fsp3) is 0.467. The first kappa shape index (κ1) is 13.4. The van der Waals surface area contributed by atoms with Gasteiger partial charge in [-0.1, -0.05) is 24.3 Å². The Morgan fingerprint density at radius 3 is 2.74 bits per heavy atom. The number of benzene rings is 1. The van der Waals surface area contributed by atoms with Gasteiger partial charge in [0, 0.05) is 0 Å². The molecule has 19 heavy (non-hydrogen) atoms. The van der Waals surface area contributed by atoms with Gasteiger partial charge < -0.3 is 14.9 Å². The van der Waals surface area contributed by atoms with E-state index in [-0.39, 0.29) is 12.1 Å². The number of nitrogens with one attached hydrogen (secondary N) is 1. The lowest BCUT2D eigenvalue weighted by molar-refractivity contribution is 0.0502. The minimum absolute atomic E-state index is 0.245. The number of hydrogen-bond donors (Lipinski definition) is 1. The van der Waals surface area contributed by atoms with E-state index in [1.807, 2.05) is 45.0 Å². The molecule has 1 aliphatic rings. The van der Waals surface area contributed by atoms with Gasteiger partial charge in [0.25, 0.3) is 6.04 Å². The molecular formula is C15H18N2O2. The smallest absolute Gasteiger partial charge is 0.408 e. The SMILES string of the molecule is [C-]#[N+][C@@H]1Cc2ccccc2[C@H]1NC(=O)OC(C)(C)C. The summed E-state index contributed by atoms with van der Waals surface area (Å²) in [4.78, 5) is 15.5. The Morgan fingerprint density at radius 2 is 2.11 bits per heavy atom. The van der Waals surface area contributed by atoms with Crippen molar-refractivity contribution < 1.29 is 9.53 Å². The number of rotatable bonds is 1. The minimum atomic E-state index is -0.532. The lowest BCUT2D eigenvalue weighted by atomic mass is 10.1. The third-order valence-corrected chi connectivity index (χ3v) is 3.04. The summed E-state index contributed by atoms with van der Waals surface area (Å²) in [5, 5.41) is 2.82. The summed E-state index contributed by atoms with van der Waals surface area (Å²) in [7, 11) is 0. The van der Waals surface area contributed by atoms with Crippen LogP contribution in [-0.2, 0) is 11.2 Å². The lowest BCUT2D eigenvalue weighted by Gasteiger charge is -2.22. The van der Waals surface area contributed by atoms with Crippen LogP contribution in [0.15, 0.2) is 24.3 Å². The number of fused-ring (bicyclic) bond motifs is 1. The van der Waals surface area contributed by atoms with Crippen LogP contribution >= 0.6 is 0 Å². The molecule has 0 aliphatic heterocycles. The second kappa shape index (κ2) is 4.93. The first-order chi connectivity index (χ1) is 8.90. The van der Waals surface area contributed by atoms with Crippen molar-refractivity contribution in [3.05, 3.63) is 46.8 Å². The van der Waals surface area contributed by atoms with Crippen molar-refractivity contribution >= 4 is 6.09 Å². The van der Waals surface area contributed by atoms with Crippen molar-refractivity contribution in [2.24, 2.45) is 0 Å². The van der Waals surface area contributed by atoms with Crippen LogP contribution in [0.4, 0.5) is 4.79 Å². The zero-order valence-corrected chi connectivity index (χ0v) is 11.4. The molecule has 0 fully saturated rings. The third kappa shape index (κ3) is 3.05. The molecule has 0 spiro atoms. The molecule has 0 aromatic heterocycles. The average molecular weight is 258 g/mol. The molecule has 0 saturated heterocycles. The zero-order chi connectivity index (χ0) is 14.0. The Labute approximate surface area is 113 Å². The molecule has 4 heteroatoms. The van der Waals surface area contributed by atoms with Crippen LogP contribution in [0.3, 0.4) is 0 Å². The average Bonchev–Trinajstić information content (AvgIpc) is 2.65. The molecule has 0 unspecified atom stereocenters. The first-order valence-electron chi connectivity index (χ1n) is 6.34. The number of hydrogen-bond acceptors (Lipinski definition) is 2. The molecule has 2 rings (SSSR count). The van der Waals surface area contributed by atoms with Crippen LogP contribution in [0.25, 0.3) is 4.85 Å². The van der Waals surface area contributed by atoms with E-state index in [0.29, 0.717) is 6.42 Å². The number of amides is 1. The van der Waals surface area contributed by atoms with Crippen LogP contribution in [0, 0.1) is 6.57 Å². The molecule has 1 N–H and O–H groups in total. The van der Waals surface area contributed by atoms with Gasteiger partial charge in [-0.05, 0) is 31.9 Å². The second-order valence-electron chi connectivity index (χ2n) is 5.72. The van der Waals surface area contributed by atoms with Crippen molar-refractivity contribution in [3.63, 3.8) is 0 Å². The maximum Gasteiger partial charge on any atom is 0.408 e. The monoisotopic (exact) mass is 258 g/mol. The highest BCUT2D eigenvalue weighted by molar-refractivity contribution is 5.69. The summed E-state index contributed by atoms with van der Waals surface area (Å²) in [5.41, 5.74) is 1.62. The highest BCUT2D eigenvalue weighted by Gasteiger charge is 2.38. The van der Waals surface area contributed by atoms with Crippen LogP contribution in [-0.4, -0.2) is 17.7 Å². The molecule has 100 valence electrons. The quantitative estimate of drug-likeness (QED) is 0.786. The number of carbonyl (C=O) groups excluding carboxylic acids is 1. The van der Waals surface area contributed by atoms with Gasteiger partial charge >= 0.3 is 6.09 Å². The third-order valence-electron chi connectivity index (χ3n) is 3.04. The van der Waals surface area contributed by atoms with E-state index in [9.17, 15) is 4.79 Å². The first-order valence-corrected chi connectivity index (χ1v) is 6.34. The molecule has 0 radical (unpaired) electrons. The molecule has 0 heterocycles. The maximum atomic E-state index is 11.8. The minimum Gasteiger partial charge on any atom is -0.444 e. The topological polar surface area (TPSA) is 42.7 Å². The van der Waals surface area contributed by atoms with Crippen LogP contribution in [0.2, 0.25) is 0 Å². The van der Waals surface area contributed by atoms with E-state index in [0.717, 1.165) is 11.1 Å². The molecule has 1 aliphatic carbocycles. The molecule has 2 atom stereocenters. The Kier molecular flexibility index (Phi) is 3.48. The Bertz CT molecular complexity index is 526. The summed E-state index contributed by atoms with van der Waals surface area (Å²) in [5.74, 6) is 0. The van der Waals surface area contributed by atoms with Gasteiger partial charge in [-0.25, -0.2) is 11.4 Å². The van der Waals surface area contributed by atoms with E-state index < -0.39 is 11.7 Å². The molecular weight excluding hydrogens is 240 g/mol. The van der Waals surface area contributed by atoms with Gasteiger partial charge in [0.1, 0.15) is 11.6 Å². The number of ether oxygens (including phenoxy) is 1. The van der Waals surface area contributed by atoms with Gasteiger partial charge in [0.15, 0.2) is 0 Å². The predicted octanol–water partition coefficient (Wildman–Crippen LogP) is 3.10. The summed E-state index contributed by atoms with van der Waals surface area (Å²) < 4.78 is 5.25. The summed E-state index contributed by atoms with van der Waals surface area (Å²) >= 11 is 0. The van der Waals surface area contributed by atoms with Crippen LogP contribution in [0.1, 0.15) is 37.9 Å². The lowest BCUT2D eigenvalue weighted by Crippen LogP contribution is -2.37. The standard InChI is InChI=1S/C15H18N2O2/c1-15(2,3)19-14(18)17-13-11-8-6-5-7-10(11)9-12(13)16-4/h5-8,12-13H,9H2,1-3H3,(H,17,18)/t12-,13-/m1/s1. The molecule has 4 nitrogen and oxygen atoms in total. The van der Waals surface area contributed by atoms with Crippen molar-refractivity contribution in [2.75, 3.05) is 0 Å². The largest absolute Gasteiger partial charge is 0.444 e. The fourth-order valence-corrected chi connectivity index (χ4v) is 2.30. The van der Waals surface area contributed by atoms with E-state index in [1.54, 1.807) is 0 Å². The molecule has 1 aromatic carbocycles. The Morgan fingerprint density at radius 1 is 1.42 bits per heavy atom. The van der Waals surface area contributed by atoms with E-state index in [2.05, 4.69) is 10.2 Å². The van der Waals surface area contributed by atoms with E-state index in [4.69, 9.17) is 11.3 Å². The number of alkyl carbamates (subject to hydrolysis) is 1. The van der Waals surface area contributed by atoms with Crippen molar-refractivity contribution in [1.29, 1.82) is 0 Å². The van der Waals surface area contributed by atoms with E-state index in [1.165, 1.54) is 0 Å². The zero-order valence-electron chi connectivity index (χ0n) is 11.4. The van der Waals surface area contributed by atoms with Crippen LogP contribution < -0.4 is 5.32 Å². The van der Waals surface area contributed by atoms with Crippen molar-refractivity contribution in [2.45, 2.75) is 44.9 Å². The van der Waals surface area contributed by atoms with Gasteiger partial charge in [0.2, 0.25) is 0 Å². The summed E-state index contributed by atoms with van der Waals surface area (Å²) in [6, 6.07) is 7.32. The fourth-order valence-electron chi connectivity index (χ4n) is 2.30. The van der Waals surface area contributed by atoms with Crippen molar-refractivity contribution in [3.8, 4) is 0 Å². The highest BCUT2D eigenvalue weighted by atomic mass is 16.6. The predicted molar refractivity (Wildman–Crippen MR) is 72.6 cm³/mol. The summed E-state index contributed by atoms with van der Waals surface area (Å²) in [6.45, 7) is 12.7. The highest BCUT2D eigenvalue weighted by Crippen LogP contribution is 2.33. The van der Waals surface area contributed by atoms with Gasteiger partial charge in [-0.2, -0.15) is 0 Å². The Balaban J connectivity index is 2.15. The van der Waals surface area contributed by atoms with Gasteiger partial charge in [0.05, 0.1) is 6.42 Å². The van der Waals surface area contributed by atoms with Crippen LogP contribution in [0.5, 0.6) is 0 Å². The summed E-state index contributed by atoms with van der Waals surface area (Å²) in [6.07, 6.45) is 0.211. The van der Waals surface area contributed by atoms with E-state index >= 15 is 0 Å². The normalized spacial score (nSPS) is 21.4. The Hall–Kier alpha value is -2.02. The number of carbonyl (C=O) groups is 1. The molecule has 1 aromatic rings. The maximum absolute atomic E-state index is 11.8. The van der Waals surface area contributed by atoms with Crippen molar-refractivity contribution in [1.82, 2.24) is 5.32 Å². The molecule has 1 amide bonds. The molecule has 0 saturated carbocycles. The van der Waals surface area contributed by atoms with Gasteiger partial charge in [-0.3, -0.25) is 0 Å².